The molecule has 37 heavy (non-hydrogen) atoms. The van der Waals surface area contributed by atoms with Crippen LogP contribution in [-0.2, 0) is 22.4 Å². The van der Waals surface area contributed by atoms with Gasteiger partial charge in [0.1, 0.15) is 0 Å². The highest BCUT2D eigenvalue weighted by Crippen LogP contribution is 2.33. The van der Waals surface area contributed by atoms with Crippen LogP contribution in [0.3, 0.4) is 0 Å². The second kappa shape index (κ2) is 10.9. The van der Waals surface area contributed by atoms with E-state index < -0.39 is 0 Å². The van der Waals surface area contributed by atoms with Gasteiger partial charge in [0.25, 0.3) is 0 Å². The first-order valence-corrected chi connectivity index (χ1v) is 13.0. The molecule has 0 unspecified atom stereocenters. The molecule has 3 aromatic carbocycles. The maximum absolute atomic E-state index is 11.7. The van der Waals surface area contributed by atoms with Crippen molar-refractivity contribution in [1.29, 1.82) is 0 Å². The Hall–Kier alpha value is -4.04. The van der Waals surface area contributed by atoms with Crippen molar-refractivity contribution in [1.82, 2.24) is 0 Å². The van der Waals surface area contributed by atoms with E-state index in [2.05, 4.69) is 91.0 Å². The molecule has 0 N–H and O–H groups in total. The van der Waals surface area contributed by atoms with Gasteiger partial charge in [0.2, 0.25) is 0 Å². The van der Waals surface area contributed by atoms with Crippen LogP contribution < -0.4 is 0 Å². The van der Waals surface area contributed by atoms with E-state index in [1.54, 1.807) is 13.8 Å². The number of Topliss-reactive ketones (excluding diaryl/α,β-unsaturated/α-hetero) is 2. The number of allylic oxidation sites excluding steroid dienone is 8. The van der Waals surface area contributed by atoms with E-state index in [0.29, 0.717) is 0 Å². The van der Waals surface area contributed by atoms with Gasteiger partial charge in [0.05, 0.1) is 0 Å². The van der Waals surface area contributed by atoms with Crippen molar-refractivity contribution in [2.45, 2.75) is 45.4 Å². The third-order valence-electron chi connectivity index (χ3n) is 7.40. The van der Waals surface area contributed by atoms with Crippen molar-refractivity contribution < 1.29 is 9.59 Å². The first-order chi connectivity index (χ1) is 18.0. The number of ketones is 2. The molecule has 0 amide bonds. The molecule has 0 atom stereocenters. The normalized spacial score (nSPS) is 14.8. The number of carbonyl (C=O) groups is 2. The summed E-state index contributed by atoms with van der Waals surface area (Å²) in [5.74, 6) is 0.476. The summed E-state index contributed by atoms with van der Waals surface area (Å²) in [6, 6.07) is 28.5. The van der Waals surface area contributed by atoms with E-state index in [4.69, 9.17) is 0 Å². The molecule has 2 heteroatoms. The molecule has 0 saturated carbocycles. The van der Waals surface area contributed by atoms with Crippen LogP contribution in [0.5, 0.6) is 0 Å². The summed E-state index contributed by atoms with van der Waals surface area (Å²) in [6.07, 6.45) is 11.4. The highest BCUT2D eigenvalue weighted by molar-refractivity contribution is 5.95. The van der Waals surface area contributed by atoms with Crippen molar-refractivity contribution in [3.8, 4) is 0 Å². The quantitative estimate of drug-likeness (QED) is 0.292. The Bertz CT molecular complexity index is 1340. The van der Waals surface area contributed by atoms with E-state index in [0.717, 1.165) is 36.8 Å². The molecule has 2 nitrogen and oxygen atoms in total. The smallest absolute Gasteiger partial charge is 0.156 e. The van der Waals surface area contributed by atoms with Gasteiger partial charge < -0.3 is 0 Å². The average molecular weight is 485 g/mol. The third-order valence-corrected chi connectivity index (χ3v) is 7.40. The molecular weight excluding hydrogens is 452 g/mol. The molecule has 0 fully saturated rings. The van der Waals surface area contributed by atoms with Crippen molar-refractivity contribution in [3.05, 3.63) is 153 Å². The number of benzene rings is 3. The second-order valence-corrected chi connectivity index (χ2v) is 10.2. The van der Waals surface area contributed by atoms with Gasteiger partial charge >= 0.3 is 0 Å². The van der Waals surface area contributed by atoms with Crippen molar-refractivity contribution in [2.75, 3.05) is 0 Å². The summed E-state index contributed by atoms with van der Waals surface area (Å²) in [5, 5.41) is 0. The van der Waals surface area contributed by atoms with Gasteiger partial charge in [0, 0.05) is 5.92 Å². The fourth-order valence-electron chi connectivity index (χ4n) is 5.29. The average Bonchev–Trinajstić information content (AvgIpc) is 3.57. The van der Waals surface area contributed by atoms with Gasteiger partial charge in [-0.25, -0.2) is 0 Å². The summed E-state index contributed by atoms with van der Waals surface area (Å²) in [6.45, 7) is 3.28. The van der Waals surface area contributed by atoms with Crippen LogP contribution in [0, 0.1) is 0 Å². The van der Waals surface area contributed by atoms with Crippen LogP contribution >= 0.6 is 0 Å². The highest BCUT2D eigenvalue weighted by Gasteiger charge is 2.18. The number of carbonyl (C=O) groups excluding carboxylic acids is 2. The molecule has 0 spiro atoms. The van der Waals surface area contributed by atoms with E-state index in [1.807, 2.05) is 12.2 Å². The fourth-order valence-corrected chi connectivity index (χ4v) is 5.29. The summed E-state index contributed by atoms with van der Waals surface area (Å²) < 4.78 is 0. The molecule has 0 saturated heterocycles. The van der Waals surface area contributed by atoms with E-state index >= 15 is 0 Å². The van der Waals surface area contributed by atoms with E-state index in [-0.39, 0.29) is 17.5 Å². The van der Waals surface area contributed by atoms with Crippen molar-refractivity contribution in [3.63, 3.8) is 0 Å². The minimum atomic E-state index is 0.151. The monoisotopic (exact) mass is 484 g/mol. The van der Waals surface area contributed by atoms with Crippen LogP contribution in [-0.4, -0.2) is 11.6 Å². The Morgan fingerprint density at radius 3 is 1.35 bits per heavy atom. The zero-order valence-electron chi connectivity index (χ0n) is 21.5. The molecule has 2 aliphatic carbocycles. The van der Waals surface area contributed by atoms with Crippen LogP contribution in [0.2, 0.25) is 0 Å². The Labute approximate surface area is 219 Å². The van der Waals surface area contributed by atoms with E-state index in [9.17, 15) is 9.59 Å². The lowest BCUT2D eigenvalue weighted by Crippen LogP contribution is -2.04. The van der Waals surface area contributed by atoms with Gasteiger partial charge in [-0.3, -0.25) is 9.59 Å². The standard InChI is InChI=1S/C35H32O2/c1-24(36)33-18-12-28(22-33)20-26-8-14-31(15-9-26)35(30-6-4-3-5-7-30)32-16-10-27(11-17-32)21-29-13-19-34(23-29)25(2)37/h3-19,35H,20-23H2,1-2H3. The molecule has 2 aliphatic rings. The SMILES string of the molecule is CC(=O)C1=CC=C(Cc2ccc(C(c3ccccc3)c3ccc(CC4=CC=C(C(C)=O)C4)cc3)cc2)C1. The molecule has 0 aromatic heterocycles. The lowest BCUT2D eigenvalue weighted by Gasteiger charge is -2.20. The van der Waals surface area contributed by atoms with Gasteiger partial charge in [-0.15, -0.1) is 0 Å². The Kier molecular flexibility index (Phi) is 7.28. The molecule has 3 aromatic rings. The maximum atomic E-state index is 11.7. The maximum Gasteiger partial charge on any atom is 0.156 e. The van der Waals surface area contributed by atoms with Gasteiger partial charge in [-0.2, -0.15) is 0 Å². The Morgan fingerprint density at radius 1 is 0.568 bits per heavy atom. The minimum Gasteiger partial charge on any atom is -0.295 e. The van der Waals surface area contributed by atoms with Crippen LogP contribution in [0.25, 0.3) is 0 Å². The largest absolute Gasteiger partial charge is 0.295 e. The first kappa shape index (κ1) is 24.6. The summed E-state index contributed by atoms with van der Waals surface area (Å²) in [4.78, 5) is 23.3. The molecule has 0 bridgehead atoms. The summed E-state index contributed by atoms with van der Waals surface area (Å²) in [5.41, 5.74) is 10.7. The predicted molar refractivity (Wildman–Crippen MR) is 151 cm³/mol. The number of rotatable bonds is 9. The predicted octanol–water partition coefficient (Wildman–Crippen LogP) is 7.64. The fraction of sp³-hybridized carbons (Fsp3) is 0.200. The third kappa shape index (κ3) is 5.86. The zero-order chi connectivity index (χ0) is 25.8. The number of hydrogen-bond acceptors (Lipinski definition) is 2. The van der Waals surface area contributed by atoms with E-state index in [1.165, 1.54) is 39.0 Å². The molecular formula is C35H32O2. The summed E-state index contributed by atoms with van der Waals surface area (Å²) >= 11 is 0. The topological polar surface area (TPSA) is 34.1 Å². The van der Waals surface area contributed by atoms with Crippen molar-refractivity contribution in [2.24, 2.45) is 0 Å². The van der Waals surface area contributed by atoms with Gasteiger partial charge in [0.15, 0.2) is 11.6 Å². The van der Waals surface area contributed by atoms with Crippen LogP contribution in [0.15, 0.2) is 125 Å². The zero-order valence-corrected chi connectivity index (χ0v) is 21.5. The molecule has 5 rings (SSSR count). The van der Waals surface area contributed by atoms with Crippen molar-refractivity contribution >= 4 is 11.6 Å². The second-order valence-electron chi connectivity index (χ2n) is 10.2. The lowest BCUT2D eigenvalue weighted by atomic mass is 9.84. The van der Waals surface area contributed by atoms with Crippen LogP contribution in [0.4, 0.5) is 0 Å². The Balaban J connectivity index is 1.33. The molecule has 0 radical (unpaired) electrons. The molecule has 0 heterocycles. The molecule has 0 aliphatic heterocycles. The van der Waals surface area contributed by atoms with Crippen LogP contribution in [0.1, 0.15) is 60.4 Å². The van der Waals surface area contributed by atoms with Gasteiger partial charge in [-0.1, -0.05) is 114 Å². The minimum absolute atomic E-state index is 0.151. The Morgan fingerprint density at radius 2 is 0.973 bits per heavy atom. The van der Waals surface area contributed by atoms with Gasteiger partial charge in [-0.05, 0) is 78.5 Å². The molecule has 184 valence electrons. The summed E-state index contributed by atoms with van der Waals surface area (Å²) in [7, 11) is 0. The lowest BCUT2D eigenvalue weighted by molar-refractivity contribution is -0.114. The highest BCUT2D eigenvalue weighted by atomic mass is 16.1. The first-order valence-electron chi connectivity index (χ1n) is 13.0. The number of hydrogen-bond donors (Lipinski definition) is 0.